The summed E-state index contributed by atoms with van der Waals surface area (Å²) in [6.07, 6.45) is 0. The van der Waals surface area contributed by atoms with Gasteiger partial charge >= 0.3 is 5.97 Å². The van der Waals surface area contributed by atoms with E-state index in [1.165, 1.54) is 18.2 Å². The summed E-state index contributed by atoms with van der Waals surface area (Å²) < 4.78 is 10.8. The molecule has 32 heavy (non-hydrogen) atoms. The molecular weight excluding hydrogens is 400 g/mol. The van der Waals surface area contributed by atoms with Crippen molar-refractivity contribution in [3.05, 3.63) is 102 Å². The van der Waals surface area contributed by atoms with Crippen LogP contribution in [0.15, 0.2) is 84.9 Å². The molecule has 1 fully saturated rings. The number of hydrogen-bond donors (Lipinski definition) is 0. The van der Waals surface area contributed by atoms with Gasteiger partial charge in [-0.2, -0.15) is 0 Å². The second-order valence-corrected chi connectivity index (χ2v) is 7.94. The molecule has 1 heterocycles. The van der Waals surface area contributed by atoms with E-state index in [4.69, 9.17) is 9.47 Å². The van der Waals surface area contributed by atoms with E-state index in [1.807, 2.05) is 18.2 Å². The van der Waals surface area contributed by atoms with Crippen molar-refractivity contribution in [3.63, 3.8) is 0 Å². The van der Waals surface area contributed by atoms with E-state index < -0.39 is 0 Å². The minimum Gasteiger partial charge on any atom is -0.491 e. The Morgan fingerprint density at radius 1 is 0.812 bits per heavy atom. The van der Waals surface area contributed by atoms with Gasteiger partial charge in [-0.15, -0.1) is 0 Å². The first kappa shape index (κ1) is 22.1. The zero-order valence-electron chi connectivity index (χ0n) is 18.5. The first-order chi connectivity index (χ1) is 15.8. The summed E-state index contributed by atoms with van der Waals surface area (Å²) >= 11 is 0. The van der Waals surface area contributed by atoms with Gasteiger partial charge in [0.2, 0.25) is 0 Å². The number of piperazine rings is 1. The normalized spacial score (nSPS) is 14.9. The molecule has 0 amide bonds. The van der Waals surface area contributed by atoms with E-state index in [2.05, 4.69) is 70.5 Å². The van der Waals surface area contributed by atoms with Gasteiger partial charge in [0, 0.05) is 32.7 Å². The van der Waals surface area contributed by atoms with Gasteiger partial charge < -0.3 is 9.47 Å². The van der Waals surface area contributed by atoms with E-state index in [9.17, 15) is 4.79 Å². The number of esters is 1. The van der Waals surface area contributed by atoms with Gasteiger partial charge in [0.25, 0.3) is 0 Å². The Hall–Kier alpha value is -3.15. The van der Waals surface area contributed by atoms with E-state index in [-0.39, 0.29) is 12.0 Å². The van der Waals surface area contributed by atoms with Gasteiger partial charge in [-0.1, -0.05) is 72.8 Å². The summed E-state index contributed by atoms with van der Waals surface area (Å²) in [4.78, 5) is 16.9. The number of benzene rings is 3. The number of ether oxygens (including phenoxy) is 2. The van der Waals surface area contributed by atoms with Gasteiger partial charge in [-0.3, -0.25) is 9.80 Å². The fourth-order valence-electron chi connectivity index (χ4n) is 4.29. The highest BCUT2D eigenvalue weighted by Gasteiger charge is 2.26. The van der Waals surface area contributed by atoms with Crippen LogP contribution in [0.1, 0.15) is 27.5 Å². The molecule has 0 bridgehead atoms. The van der Waals surface area contributed by atoms with Crippen molar-refractivity contribution in [2.75, 3.05) is 46.4 Å². The lowest BCUT2D eigenvalue weighted by Gasteiger charge is -2.39. The van der Waals surface area contributed by atoms with Gasteiger partial charge in [-0.05, 0) is 23.3 Å². The number of carbonyl (C=O) groups excluding carboxylic acids is 1. The Balaban J connectivity index is 1.34. The van der Waals surface area contributed by atoms with Crippen LogP contribution in [0.25, 0.3) is 0 Å². The van der Waals surface area contributed by atoms with Crippen molar-refractivity contribution in [1.29, 1.82) is 0 Å². The van der Waals surface area contributed by atoms with Crippen molar-refractivity contribution in [3.8, 4) is 5.75 Å². The minimum absolute atomic E-state index is 0.266. The van der Waals surface area contributed by atoms with Gasteiger partial charge in [0.1, 0.15) is 17.9 Å². The molecule has 1 aliphatic rings. The lowest BCUT2D eigenvalue weighted by atomic mass is 9.96. The maximum Gasteiger partial charge on any atom is 0.341 e. The predicted molar refractivity (Wildman–Crippen MR) is 126 cm³/mol. The standard InChI is InChI=1S/C27H30N2O3/c1-31-27(30)24-14-8-9-15-25(24)32-21-20-28-16-18-29(19-17-28)26(22-10-4-2-5-11-22)23-12-6-3-7-13-23/h2-15,26H,16-21H2,1H3. The number of nitrogens with zero attached hydrogens (tertiary/aromatic N) is 2. The molecule has 0 N–H and O–H groups in total. The maximum atomic E-state index is 11.9. The largest absolute Gasteiger partial charge is 0.491 e. The Morgan fingerprint density at radius 3 is 1.97 bits per heavy atom. The number of carbonyl (C=O) groups is 1. The lowest BCUT2D eigenvalue weighted by Crippen LogP contribution is -2.48. The first-order valence-electron chi connectivity index (χ1n) is 11.1. The molecule has 3 aromatic carbocycles. The number of hydrogen-bond acceptors (Lipinski definition) is 5. The molecule has 0 spiro atoms. The fraction of sp³-hybridized carbons (Fsp3) is 0.296. The molecule has 3 aromatic rings. The smallest absolute Gasteiger partial charge is 0.341 e. The summed E-state index contributed by atoms with van der Waals surface area (Å²) in [6, 6.07) is 29.0. The average molecular weight is 431 g/mol. The Bertz CT molecular complexity index is 947. The summed E-state index contributed by atoms with van der Waals surface area (Å²) in [7, 11) is 1.39. The van der Waals surface area contributed by atoms with E-state index >= 15 is 0 Å². The highest BCUT2D eigenvalue weighted by molar-refractivity contribution is 5.92. The molecule has 5 heteroatoms. The summed E-state index contributed by atoms with van der Waals surface area (Å²) in [5, 5.41) is 0. The lowest BCUT2D eigenvalue weighted by molar-refractivity contribution is 0.0594. The minimum atomic E-state index is -0.373. The zero-order valence-corrected chi connectivity index (χ0v) is 18.5. The fourth-order valence-corrected chi connectivity index (χ4v) is 4.29. The van der Waals surface area contributed by atoms with Crippen molar-refractivity contribution in [2.45, 2.75) is 6.04 Å². The SMILES string of the molecule is COC(=O)c1ccccc1OCCN1CCN(C(c2ccccc2)c2ccccc2)CC1. The molecule has 166 valence electrons. The topological polar surface area (TPSA) is 42.0 Å². The third-order valence-corrected chi connectivity index (χ3v) is 5.96. The van der Waals surface area contributed by atoms with Crippen molar-refractivity contribution in [1.82, 2.24) is 9.80 Å². The molecule has 0 radical (unpaired) electrons. The summed E-state index contributed by atoms with van der Waals surface area (Å²) in [6.45, 7) is 5.32. The molecule has 0 aliphatic carbocycles. The van der Waals surface area contributed by atoms with Crippen molar-refractivity contribution >= 4 is 5.97 Å². The van der Waals surface area contributed by atoms with Gasteiger partial charge in [0.15, 0.2) is 0 Å². The average Bonchev–Trinajstić information content (AvgIpc) is 2.86. The first-order valence-corrected chi connectivity index (χ1v) is 11.1. The second kappa shape index (κ2) is 10.9. The highest BCUT2D eigenvalue weighted by atomic mass is 16.5. The van der Waals surface area contributed by atoms with Crippen LogP contribution in [0.2, 0.25) is 0 Å². The quantitative estimate of drug-likeness (QED) is 0.500. The second-order valence-electron chi connectivity index (χ2n) is 7.94. The Morgan fingerprint density at radius 2 is 1.38 bits per heavy atom. The summed E-state index contributed by atoms with van der Waals surface area (Å²) in [5.74, 6) is 0.202. The van der Waals surface area contributed by atoms with Crippen LogP contribution in [-0.4, -0.2) is 62.2 Å². The molecule has 5 nitrogen and oxygen atoms in total. The Labute approximate surface area is 190 Å². The zero-order chi connectivity index (χ0) is 22.2. The molecule has 1 aliphatic heterocycles. The highest BCUT2D eigenvalue weighted by Crippen LogP contribution is 2.29. The summed E-state index contributed by atoms with van der Waals surface area (Å²) in [5.41, 5.74) is 3.12. The third kappa shape index (κ3) is 5.36. The number of rotatable bonds is 8. The van der Waals surface area contributed by atoms with Crippen LogP contribution in [0, 0.1) is 0 Å². The van der Waals surface area contributed by atoms with Crippen LogP contribution in [0.5, 0.6) is 5.75 Å². The monoisotopic (exact) mass is 430 g/mol. The van der Waals surface area contributed by atoms with Crippen molar-refractivity contribution in [2.24, 2.45) is 0 Å². The number of methoxy groups -OCH3 is 1. The van der Waals surface area contributed by atoms with E-state index in [1.54, 1.807) is 6.07 Å². The molecule has 0 saturated carbocycles. The molecule has 1 saturated heterocycles. The number of para-hydroxylation sites is 1. The van der Waals surface area contributed by atoms with E-state index in [0.29, 0.717) is 17.9 Å². The predicted octanol–water partition coefficient (Wildman–Crippen LogP) is 4.26. The van der Waals surface area contributed by atoms with Crippen LogP contribution >= 0.6 is 0 Å². The van der Waals surface area contributed by atoms with Gasteiger partial charge in [0.05, 0.1) is 13.2 Å². The van der Waals surface area contributed by atoms with Crippen molar-refractivity contribution < 1.29 is 14.3 Å². The Kier molecular flexibility index (Phi) is 7.54. The third-order valence-electron chi connectivity index (χ3n) is 5.96. The maximum absolute atomic E-state index is 11.9. The molecule has 0 aromatic heterocycles. The molecule has 0 atom stereocenters. The molecular formula is C27H30N2O3. The van der Waals surface area contributed by atoms with Crippen LogP contribution in [-0.2, 0) is 4.74 Å². The van der Waals surface area contributed by atoms with Crippen LogP contribution in [0.4, 0.5) is 0 Å². The van der Waals surface area contributed by atoms with Crippen LogP contribution < -0.4 is 4.74 Å². The molecule has 4 rings (SSSR count). The van der Waals surface area contributed by atoms with Crippen LogP contribution in [0.3, 0.4) is 0 Å². The molecule has 0 unspecified atom stereocenters. The van der Waals surface area contributed by atoms with E-state index in [0.717, 1.165) is 32.7 Å². The van der Waals surface area contributed by atoms with Gasteiger partial charge in [-0.25, -0.2) is 4.79 Å².